The number of nitrogens with one attached hydrogen (secondary N) is 1. The zero-order valence-corrected chi connectivity index (χ0v) is 13.7. The van der Waals surface area contributed by atoms with Crippen LogP contribution >= 0.6 is 11.8 Å². The zero-order valence-electron chi connectivity index (χ0n) is 12.8. The van der Waals surface area contributed by atoms with Crippen LogP contribution < -0.4 is 11.1 Å². The molecule has 0 bridgehead atoms. The highest BCUT2D eigenvalue weighted by atomic mass is 32.2. The lowest BCUT2D eigenvalue weighted by atomic mass is 9.96. The Kier molecular flexibility index (Phi) is 6.77. The molecule has 0 aliphatic heterocycles. The van der Waals surface area contributed by atoms with Crippen LogP contribution in [0.25, 0.3) is 0 Å². The second-order valence-electron chi connectivity index (χ2n) is 5.77. The molecular formula is C17H24N2O2S. The number of carbonyl (C=O) groups is 2. The topological polar surface area (TPSA) is 72.2 Å². The average molecular weight is 320 g/mol. The fraction of sp³-hybridized carbons (Fsp3) is 0.529. The molecule has 0 radical (unpaired) electrons. The van der Waals surface area contributed by atoms with Crippen molar-refractivity contribution in [2.45, 2.75) is 55.9 Å². The van der Waals surface area contributed by atoms with Gasteiger partial charge in [-0.05, 0) is 25.0 Å². The Bertz CT molecular complexity index is 511. The summed E-state index contributed by atoms with van der Waals surface area (Å²) in [6.45, 7) is 0. The number of hydrogen-bond acceptors (Lipinski definition) is 3. The van der Waals surface area contributed by atoms with E-state index in [-0.39, 0.29) is 23.6 Å². The lowest BCUT2D eigenvalue weighted by Crippen LogP contribution is -2.35. The molecular weight excluding hydrogens is 296 g/mol. The van der Waals surface area contributed by atoms with Crippen LogP contribution in [0.1, 0.15) is 55.3 Å². The SMILES string of the molecule is NC(=O)CSc1ccccc1C(=O)NC1CCCCCCC1. The highest BCUT2D eigenvalue weighted by Crippen LogP contribution is 2.23. The maximum absolute atomic E-state index is 12.5. The summed E-state index contributed by atoms with van der Waals surface area (Å²) < 4.78 is 0. The molecule has 2 rings (SSSR count). The number of hydrogen-bond donors (Lipinski definition) is 2. The molecule has 0 aromatic heterocycles. The minimum absolute atomic E-state index is 0.0434. The van der Waals surface area contributed by atoms with E-state index in [2.05, 4.69) is 5.32 Å². The minimum atomic E-state index is -0.375. The quantitative estimate of drug-likeness (QED) is 0.819. The first-order valence-corrected chi connectivity index (χ1v) is 8.96. The van der Waals surface area contributed by atoms with Crippen molar-refractivity contribution in [3.8, 4) is 0 Å². The van der Waals surface area contributed by atoms with E-state index in [0.29, 0.717) is 5.56 Å². The molecule has 4 nitrogen and oxygen atoms in total. The van der Waals surface area contributed by atoms with Crippen LogP contribution in [0.5, 0.6) is 0 Å². The van der Waals surface area contributed by atoms with Crippen LogP contribution in [-0.4, -0.2) is 23.6 Å². The molecule has 1 aromatic carbocycles. The number of carbonyl (C=O) groups excluding carboxylic acids is 2. The third kappa shape index (κ3) is 5.37. The number of amides is 2. The molecule has 1 saturated carbocycles. The predicted octanol–water partition coefficient (Wildman–Crippen LogP) is 3.11. The Balaban J connectivity index is 2.00. The molecule has 2 amide bonds. The van der Waals surface area contributed by atoms with E-state index in [1.165, 1.54) is 43.9 Å². The van der Waals surface area contributed by atoms with Gasteiger partial charge in [-0.15, -0.1) is 11.8 Å². The number of thioether (sulfide) groups is 1. The van der Waals surface area contributed by atoms with Crippen LogP contribution in [0.4, 0.5) is 0 Å². The number of benzene rings is 1. The predicted molar refractivity (Wildman–Crippen MR) is 89.9 cm³/mol. The van der Waals surface area contributed by atoms with Crippen molar-refractivity contribution in [1.29, 1.82) is 0 Å². The highest BCUT2D eigenvalue weighted by Gasteiger charge is 2.17. The Morgan fingerprint density at radius 2 is 1.73 bits per heavy atom. The summed E-state index contributed by atoms with van der Waals surface area (Å²) >= 11 is 1.32. The van der Waals surface area contributed by atoms with Gasteiger partial charge in [0.1, 0.15) is 0 Å². The first-order valence-electron chi connectivity index (χ1n) is 7.98. The van der Waals surface area contributed by atoms with Gasteiger partial charge in [0.25, 0.3) is 5.91 Å². The molecule has 0 heterocycles. The van der Waals surface area contributed by atoms with Gasteiger partial charge in [-0.1, -0.05) is 44.2 Å². The Morgan fingerprint density at radius 3 is 2.41 bits per heavy atom. The van der Waals surface area contributed by atoms with Gasteiger partial charge in [0.15, 0.2) is 0 Å². The van der Waals surface area contributed by atoms with Crippen LogP contribution in [-0.2, 0) is 4.79 Å². The molecule has 0 atom stereocenters. The summed E-state index contributed by atoms with van der Waals surface area (Å²) in [5, 5.41) is 3.16. The van der Waals surface area contributed by atoms with Crippen LogP contribution in [0.3, 0.4) is 0 Å². The van der Waals surface area contributed by atoms with Crippen molar-refractivity contribution >= 4 is 23.6 Å². The van der Waals surface area contributed by atoms with Gasteiger partial charge >= 0.3 is 0 Å². The summed E-state index contributed by atoms with van der Waals surface area (Å²) in [5.74, 6) is -0.230. The summed E-state index contributed by atoms with van der Waals surface area (Å²) in [5.41, 5.74) is 5.82. The molecule has 0 saturated heterocycles. The Morgan fingerprint density at radius 1 is 1.09 bits per heavy atom. The number of rotatable bonds is 5. The van der Waals surface area contributed by atoms with Gasteiger partial charge in [-0.3, -0.25) is 9.59 Å². The number of primary amides is 1. The van der Waals surface area contributed by atoms with Crippen molar-refractivity contribution in [3.05, 3.63) is 29.8 Å². The van der Waals surface area contributed by atoms with Crippen molar-refractivity contribution in [2.75, 3.05) is 5.75 Å². The molecule has 1 aliphatic carbocycles. The second-order valence-corrected chi connectivity index (χ2v) is 6.78. The van der Waals surface area contributed by atoms with Gasteiger partial charge in [0.2, 0.25) is 5.91 Å². The maximum Gasteiger partial charge on any atom is 0.252 e. The molecule has 1 aliphatic rings. The van der Waals surface area contributed by atoms with E-state index in [9.17, 15) is 9.59 Å². The van der Waals surface area contributed by atoms with Gasteiger partial charge in [0, 0.05) is 10.9 Å². The van der Waals surface area contributed by atoms with E-state index in [1.807, 2.05) is 24.3 Å². The van der Waals surface area contributed by atoms with E-state index in [1.54, 1.807) is 0 Å². The molecule has 5 heteroatoms. The van der Waals surface area contributed by atoms with Gasteiger partial charge < -0.3 is 11.1 Å². The van der Waals surface area contributed by atoms with E-state index in [0.717, 1.165) is 17.7 Å². The van der Waals surface area contributed by atoms with Gasteiger partial charge in [-0.2, -0.15) is 0 Å². The molecule has 120 valence electrons. The Hall–Kier alpha value is -1.49. The maximum atomic E-state index is 12.5. The van der Waals surface area contributed by atoms with Crippen molar-refractivity contribution < 1.29 is 9.59 Å². The van der Waals surface area contributed by atoms with Crippen LogP contribution in [0, 0.1) is 0 Å². The van der Waals surface area contributed by atoms with E-state index in [4.69, 9.17) is 5.73 Å². The zero-order chi connectivity index (χ0) is 15.8. The summed E-state index contributed by atoms with van der Waals surface area (Å²) in [6, 6.07) is 7.65. The number of nitrogens with two attached hydrogens (primary N) is 1. The highest BCUT2D eigenvalue weighted by molar-refractivity contribution is 8.00. The first-order chi connectivity index (χ1) is 10.7. The van der Waals surface area contributed by atoms with Gasteiger partial charge in [0.05, 0.1) is 11.3 Å². The summed E-state index contributed by atoms with van der Waals surface area (Å²) in [4.78, 5) is 24.3. The molecule has 22 heavy (non-hydrogen) atoms. The van der Waals surface area contributed by atoms with Crippen molar-refractivity contribution in [1.82, 2.24) is 5.32 Å². The monoisotopic (exact) mass is 320 g/mol. The van der Waals surface area contributed by atoms with Crippen LogP contribution in [0.15, 0.2) is 29.2 Å². The molecule has 1 fully saturated rings. The smallest absolute Gasteiger partial charge is 0.252 e. The third-order valence-electron chi connectivity index (χ3n) is 3.94. The van der Waals surface area contributed by atoms with Crippen LogP contribution in [0.2, 0.25) is 0 Å². The molecule has 0 spiro atoms. The second kappa shape index (κ2) is 8.83. The standard InChI is InChI=1S/C17H24N2O2S/c18-16(20)12-22-15-11-7-6-10-14(15)17(21)19-13-8-4-2-1-3-5-9-13/h6-7,10-11,13H,1-5,8-9,12H2,(H2,18,20)(H,19,21). The minimum Gasteiger partial charge on any atom is -0.369 e. The van der Waals surface area contributed by atoms with Gasteiger partial charge in [-0.25, -0.2) is 0 Å². The first kappa shape index (κ1) is 16.9. The molecule has 3 N–H and O–H groups in total. The lowest BCUT2D eigenvalue weighted by Gasteiger charge is -2.21. The Labute approximate surface area is 136 Å². The largest absolute Gasteiger partial charge is 0.369 e. The summed E-state index contributed by atoms with van der Waals surface area (Å²) in [7, 11) is 0. The normalized spacial score (nSPS) is 16.5. The molecule has 0 unspecified atom stereocenters. The fourth-order valence-corrected chi connectivity index (χ4v) is 3.58. The van der Waals surface area contributed by atoms with Crippen molar-refractivity contribution in [3.63, 3.8) is 0 Å². The average Bonchev–Trinajstić information content (AvgIpc) is 2.48. The van der Waals surface area contributed by atoms with E-state index >= 15 is 0 Å². The fourth-order valence-electron chi connectivity index (χ4n) is 2.79. The van der Waals surface area contributed by atoms with E-state index < -0.39 is 0 Å². The summed E-state index contributed by atoms with van der Waals surface area (Å²) in [6.07, 6.45) is 8.32. The lowest BCUT2D eigenvalue weighted by molar-refractivity contribution is -0.115. The third-order valence-corrected chi connectivity index (χ3v) is 5.04. The molecule has 1 aromatic rings. The van der Waals surface area contributed by atoms with Crippen molar-refractivity contribution in [2.24, 2.45) is 5.73 Å².